The van der Waals surface area contributed by atoms with Crippen LogP contribution in [0.2, 0.25) is 0 Å². The van der Waals surface area contributed by atoms with Gasteiger partial charge in [0.15, 0.2) is 0 Å². The number of likely N-dealkylation sites (N-methyl/N-ethyl adjacent to an activating group) is 1. The highest BCUT2D eigenvalue weighted by atomic mass is 16.6. The third kappa shape index (κ3) is 3.95. The molecule has 0 heterocycles. The second-order valence-corrected chi connectivity index (χ2v) is 5.24. The maximum atomic E-state index is 12.3. The van der Waals surface area contributed by atoms with E-state index < -0.39 is 22.9 Å². The Morgan fingerprint density at radius 1 is 1.08 bits per heavy atom. The van der Waals surface area contributed by atoms with Crippen molar-refractivity contribution in [2.75, 3.05) is 14.1 Å². The summed E-state index contributed by atoms with van der Waals surface area (Å²) >= 11 is 0. The molecular weight excluding hydrogens is 312 g/mol. The van der Waals surface area contributed by atoms with Crippen molar-refractivity contribution < 1.29 is 19.2 Å². The smallest absolute Gasteiger partial charge is 0.339 e. The molecule has 0 radical (unpaired) electrons. The number of carbonyl (C=O) groups excluding carboxylic acids is 2. The van der Waals surface area contributed by atoms with Gasteiger partial charge in [0.05, 0.1) is 10.5 Å². The van der Waals surface area contributed by atoms with Crippen molar-refractivity contribution in [1.29, 1.82) is 0 Å². The zero-order chi connectivity index (χ0) is 17.7. The van der Waals surface area contributed by atoms with Crippen LogP contribution in [0.3, 0.4) is 0 Å². The molecule has 0 saturated heterocycles. The molecule has 0 aromatic heterocycles. The van der Waals surface area contributed by atoms with Crippen LogP contribution in [0.25, 0.3) is 0 Å². The zero-order valence-electron chi connectivity index (χ0n) is 13.2. The Morgan fingerprint density at radius 3 is 2.33 bits per heavy atom. The summed E-state index contributed by atoms with van der Waals surface area (Å²) in [5.74, 6) is -1.21. The number of amides is 1. The van der Waals surface area contributed by atoms with Crippen LogP contribution in [0.4, 0.5) is 5.69 Å². The summed E-state index contributed by atoms with van der Waals surface area (Å²) in [4.78, 5) is 36.2. The van der Waals surface area contributed by atoms with E-state index in [-0.39, 0.29) is 11.3 Å². The molecule has 1 atom stereocenters. The number of nitro groups is 1. The predicted molar refractivity (Wildman–Crippen MR) is 86.4 cm³/mol. The highest BCUT2D eigenvalue weighted by Gasteiger charge is 2.27. The minimum Gasteiger partial charge on any atom is -0.444 e. The highest BCUT2D eigenvalue weighted by molar-refractivity contribution is 5.93. The minimum atomic E-state index is -1.12. The Bertz CT molecular complexity index is 759. The third-order valence-corrected chi connectivity index (χ3v) is 3.28. The largest absolute Gasteiger partial charge is 0.444 e. The molecule has 0 aliphatic heterocycles. The van der Waals surface area contributed by atoms with Crippen LogP contribution in [0.1, 0.15) is 22.0 Å². The summed E-state index contributed by atoms with van der Waals surface area (Å²) in [7, 11) is 3.11. The summed E-state index contributed by atoms with van der Waals surface area (Å²) < 4.78 is 5.33. The molecule has 0 bridgehead atoms. The van der Waals surface area contributed by atoms with Crippen LogP contribution in [-0.2, 0) is 9.53 Å². The van der Waals surface area contributed by atoms with Crippen LogP contribution in [-0.4, -0.2) is 35.8 Å². The maximum absolute atomic E-state index is 12.3. The van der Waals surface area contributed by atoms with Crippen molar-refractivity contribution in [3.63, 3.8) is 0 Å². The summed E-state index contributed by atoms with van der Waals surface area (Å²) in [5.41, 5.74) is 0.311. The van der Waals surface area contributed by atoms with E-state index in [1.54, 1.807) is 44.4 Å². The number of carbonyl (C=O) groups is 2. The van der Waals surface area contributed by atoms with E-state index in [1.807, 2.05) is 0 Å². The van der Waals surface area contributed by atoms with Gasteiger partial charge in [0.2, 0.25) is 6.10 Å². The molecule has 0 fully saturated rings. The van der Waals surface area contributed by atoms with Crippen molar-refractivity contribution in [2.45, 2.75) is 6.10 Å². The lowest BCUT2D eigenvalue weighted by molar-refractivity contribution is -0.384. The van der Waals surface area contributed by atoms with Gasteiger partial charge >= 0.3 is 5.97 Å². The predicted octanol–water partition coefficient (Wildman–Crippen LogP) is 2.58. The fourth-order valence-corrected chi connectivity index (χ4v) is 2.04. The molecule has 7 nitrogen and oxygen atoms in total. The molecule has 0 unspecified atom stereocenters. The highest BCUT2D eigenvalue weighted by Crippen LogP contribution is 2.22. The van der Waals surface area contributed by atoms with E-state index in [0.717, 1.165) is 6.07 Å². The van der Waals surface area contributed by atoms with E-state index in [2.05, 4.69) is 0 Å². The quantitative estimate of drug-likeness (QED) is 0.478. The molecule has 0 spiro atoms. The number of esters is 1. The molecule has 2 aromatic carbocycles. The monoisotopic (exact) mass is 328 g/mol. The van der Waals surface area contributed by atoms with Crippen molar-refractivity contribution in [3.05, 3.63) is 75.8 Å². The minimum absolute atomic E-state index is 0.0108. The SMILES string of the molecule is CN(C)C(=O)[C@H](OC(=O)c1cccc([N+](=O)[O-])c1)c1ccccc1. The number of hydrogen-bond acceptors (Lipinski definition) is 5. The summed E-state index contributed by atoms with van der Waals surface area (Å²) in [6.07, 6.45) is -1.12. The average Bonchev–Trinajstić information content (AvgIpc) is 2.59. The van der Waals surface area contributed by atoms with Gasteiger partial charge in [-0.3, -0.25) is 14.9 Å². The van der Waals surface area contributed by atoms with Gasteiger partial charge < -0.3 is 9.64 Å². The second kappa shape index (κ2) is 7.36. The number of hydrogen-bond donors (Lipinski definition) is 0. The fraction of sp³-hybridized carbons (Fsp3) is 0.176. The molecular formula is C17H16N2O5. The van der Waals surface area contributed by atoms with Crippen molar-refractivity contribution in [3.8, 4) is 0 Å². The van der Waals surface area contributed by atoms with Crippen LogP contribution in [0.5, 0.6) is 0 Å². The number of ether oxygens (including phenoxy) is 1. The van der Waals surface area contributed by atoms with Gasteiger partial charge in [-0.2, -0.15) is 0 Å². The number of rotatable bonds is 5. The first kappa shape index (κ1) is 17.1. The lowest BCUT2D eigenvalue weighted by Crippen LogP contribution is -2.31. The van der Waals surface area contributed by atoms with Crippen LogP contribution in [0, 0.1) is 10.1 Å². The summed E-state index contributed by atoms with van der Waals surface area (Å²) in [6.45, 7) is 0. The first-order valence-corrected chi connectivity index (χ1v) is 7.11. The molecule has 124 valence electrons. The molecule has 0 aliphatic carbocycles. The lowest BCUT2D eigenvalue weighted by atomic mass is 10.1. The molecule has 1 amide bonds. The average molecular weight is 328 g/mol. The maximum Gasteiger partial charge on any atom is 0.339 e. The first-order valence-electron chi connectivity index (χ1n) is 7.11. The Hall–Kier alpha value is -3.22. The molecule has 0 aliphatic rings. The second-order valence-electron chi connectivity index (χ2n) is 5.24. The topological polar surface area (TPSA) is 89.8 Å². The standard InChI is InChI=1S/C17H16N2O5/c1-18(2)16(20)15(12-7-4-3-5-8-12)24-17(21)13-9-6-10-14(11-13)19(22)23/h3-11,15H,1-2H3/t15-/m1/s1. The van der Waals surface area contributed by atoms with E-state index in [1.165, 1.54) is 23.1 Å². The van der Waals surface area contributed by atoms with Gasteiger partial charge in [-0.1, -0.05) is 36.4 Å². The number of nitrogens with zero attached hydrogens (tertiary/aromatic N) is 2. The third-order valence-electron chi connectivity index (χ3n) is 3.28. The van der Waals surface area contributed by atoms with E-state index >= 15 is 0 Å². The molecule has 2 rings (SSSR count). The summed E-state index contributed by atoms with van der Waals surface area (Å²) in [5, 5.41) is 10.8. The molecule has 0 N–H and O–H groups in total. The van der Waals surface area contributed by atoms with Gasteiger partial charge in [-0.05, 0) is 6.07 Å². The van der Waals surface area contributed by atoms with Crippen molar-refractivity contribution in [1.82, 2.24) is 4.90 Å². The number of non-ortho nitro benzene ring substituents is 1. The van der Waals surface area contributed by atoms with Crippen molar-refractivity contribution in [2.24, 2.45) is 0 Å². The van der Waals surface area contributed by atoms with Crippen molar-refractivity contribution >= 4 is 17.6 Å². The van der Waals surface area contributed by atoms with Gasteiger partial charge in [-0.15, -0.1) is 0 Å². The Balaban J connectivity index is 2.29. The van der Waals surface area contributed by atoms with E-state index in [4.69, 9.17) is 4.74 Å². The van der Waals surface area contributed by atoms with Crippen LogP contribution < -0.4 is 0 Å². The van der Waals surface area contributed by atoms with Gasteiger partial charge in [-0.25, -0.2) is 4.79 Å². The normalized spacial score (nSPS) is 11.4. The van der Waals surface area contributed by atoms with E-state index in [0.29, 0.717) is 5.56 Å². The Labute approximate surface area is 138 Å². The molecule has 0 saturated carbocycles. The number of benzene rings is 2. The van der Waals surface area contributed by atoms with Gasteiger partial charge in [0.25, 0.3) is 11.6 Å². The molecule has 7 heteroatoms. The fourth-order valence-electron chi connectivity index (χ4n) is 2.04. The van der Waals surface area contributed by atoms with Crippen LogP contribution in [0.15, 0.2) is 54.6 Å². The van der Waals surface area contributed by atoms with Gasteiger partial charge in [0.1, 0.15) is 0 Å². The van der Waals surface area contributed by atoms with Gasteiger partial charge in [0, 0.05) is 31.8 Å². The molecule has 2 aromatic rings. The lowest BCUT2D eigenvalue weighted by Gasteiger charge is -2.21. The molecule has 24 heavy (non-hydrogen) atoms. The first-order chi connectivity index (χ1) is 11.4. The Morgan fingerprint density at radius 2 is 1.75 bits per heavy atom. The Kier molecular flexibility index (Phi) is 5.26. The number of nitro benzene ring substituents is 1. The van der Waals surface area contributed by atoms with Crippen LogP contribution >= 0.6 is 0 Å². The van der Waals surface area contributed by atoms with E-state index in [9.17, 15) is 19.7 Å². The summed E-state index contributed by atoms with van der Waals surface area (Å²) in [6, 6.07) is 13.8. The zero-order valence-corrected chi connectivity index (χ0v) is 13.2.